The first-order chi connectivity index (χ1) is 8.45. The first kappa shape index (κ1) is 11.3. The van der Waals surface area contributed by atoms with Gasteiger partial charge in [0.15, 0.2) is 0 Å². The lowest BCUT2D eigenvalue weighted by Gasteiger charge is -2.29. The molecule has 2 heteroatoms. The number of nitrogens with zero attached hydrogens (tertiary/aromatic N) is 1. The molecule has 0 amide bonds. The molecule has 17 heavy (non-hydrogen) atoms. The second-order valence-corrected chi connectivity index (χ2v) is 5.52. The van der Waals surface area contributed by atoms with Crippen LogP contribution in [0.1, 0.15) is 62.6 Å². The average Bonchev–Trinajstić information content (AvgIpc) is 2.90. The van der Waals surface area contributed by atoms with E-state index < -0.39 is 0 Å². The molecule has 1 saturated heterocycles. The molecule has 1 saturated carbocycles. The van der Waals surface area contributed by atoms with Gasteiger partial charge >= 0.3 is 0 Å². The lowest BCUT2D eigenvalue weighted by atomic mass is 9.86. The minimum Gasteiger partial charge on any atom is -0.381 e. The van der Waals surface area contributed by atoms with Crippen LogP contribution in [0, 0.1) is 0 Å². The van der Waals surface area contributed by atoms with Gasteiger partial charge in [-0.1, -0.05) is 19.3 Å². The Hall–Kier alpha value is -0.760. The minimum absolute atomic E-state index is 0.690. The van der Waals surface area contributed by atoms with E-state index in [1.165, 1.54) is 44.9 Å². The highest BCUT2D eigenvalue weighted by Gasteiger charge is 2.22. The smallest absolute Gasteiger partial charge is 0.0485 e. The summed E-state index contributed by atoms with van der Waals surface area (Å²) in [6.45, 7) is 1.87. The fourth-order valence-corrected chi connectivity index (χ4v) is 3.45. The zero-order chi connectivity index (χ0) is 11.5. The Morgan fingerprint density at radius 2 is 1.76 bits per heavy atom. The van der Waals surface area contributed by atoms with Crippen LogP contribution in [-0.4, -0.2) is 17.8 Å². The third-order valence-corrected chi connectivity index (χ3v) is 4.42. The fraction of sp³-hybridized carbons (Fsp3) is 0.733. The Bertz CT molecular complexity index is 313. The summed E-state index contributed by atoms with van der Waals surface area (Å²) in [5.41, 5.74) is 1.59. The summed E-state index contributed by atoms with van der Waals surface area (Å²) in [6, 6.07) is 5.28. The summed E-state index contributed by atoms with van der Waals surface area (Å²) in [6.07, 6.45) is 11.7. The molecule has 0 spiro atoms. The quantitative estimate of drug-likeness (QED) is 0.756. The van der Waals surface area contributed by atoms with E-state index >= 15 is 0 Å². The Kier molecular flexibility index (Phi) is 3.51. The second-order valence-electron chi connectivity index (χ2n) is 5.52. The first-order valence-corrected chi connectivity index (χ1v) is 7.19. The van der Waals surface area contributed by atoms with E-state index in [9.17, 15) is 0 Å². The van der Waals surface area contributed by atoms with Crippen molar-refractivity contribution in [1.29, 1.82) is 0 Å². The van der Waals surface area contributed by atoms with Crippen LogP contribution in [0.4, 0.5) is 0 Å². The van der Waals surface area contributed by atoms with Crippen molar-refractivity contribution in [1.82, 2.24) is 4.57 Å². The van der Waals surface area contributed by atoms with Crippen molar-refractivity contribution in [3.63, 3.8) is 0 Å². The molecular formula is C15H23NO. The summed E-state index contributed by atoms with van der Waals surface area (Å²) >= 11 is 0. The van der Waals surface area contributed by atoms with Crippen molar-refractivity contribution >= 4 is 0 Å². The molecule has 2 heterocycles. The molecule has 2 aliphatic rings. The van der Waals surface area contributed by atoms with Crippen molar-refractivity contribution in [2.75, 3.05) is 13.2 Å². The lowest BCUT2D eigenvalue weighted by molar-refractivity contribution is 0.0685. The van der Waals surface area contributed by atoms with E-state index in [0.717, 1.165) is 19.1 Å². The van der Waals surface area contributed by atoms with Crippen molar-refractivity contribution in [2.24, 2.45) is 0 Å². The topological polar surface area (TPSA) is 14.2 Å². The van der Waals surface area contributed by atoms with Crippen molar-refractivity contribution in [2.45, 2.75) is 56.9 Å². The largest absolute Gasteiger partial charge is 0.381 e. The summed E-state index contributed by atoms with van der Waals surface area (Å²) < 4.78 is 8.02. The second kappa shape index (κ2) is 5.26. The van der Waals surface area contributed by atoms with E-state index in [-0.39, 0.29) is 0 Å². The zero-order valence-corrected chi connectivity index (χ0v) is 10.6. The molecule has 1 aliphatic heterocycles. The number of aromatic nitrogens is 1. The van der Waals surface area contributed by atoms with Crippen LogP contribution in [0.25, 0.3) is 0 Å². The van der Waals surface area contributed by atoms with Gasteiger partial charge in [0, 0.05) is 31.1 Å². The zero-order valence-electron chi connectivity index (χ0n) is 10.6. The van der Waals surface area contributed by atoms with Crippen LogP contribution < -0.4 is 0 Å². The van der Waals surface area contributed by atoms with Crippen LogP contribution in [0.3, 0.4) is 0 Å². The molecule has 2 nitrogen and oxygen atoms in total. The molecule has 3 rings (SSSR count). The molecule has 0 atom stereocenters. The molecule has 0 radical (unpaired) electrons. The first-order valence-electron chi connectivity index (χ1n) is 7.19. The van der Waals surface area contributed by atoms with Gasteiger partial charge in [0.05, 0.1) is 0 Å². The third-order valence-electron chi connectivity index (χ3n) is 4.42. The number of ether oxygens (including phenoxy) is 1. The Balaban J connectivity index is 1.77. The van der Waals surface area contributed by atoms with E-state index in [2.05, 4.69) is 22.9 Å². The van der Waals surface area contributed by atoms with Gasteiger partial charge < -0.3 is 9.30 Å². The number of hydrogen-bond acceptors (Lipinski definition) is 1. The van der Waals surface area contributed by atoms with Crippen molar-refractivity contribution in [3.05, 3.63) is 24.0 Å². The summed E-state index contributed by atoms with van der Waals surface area (Å²) in [4.78, 5) is 0. The molecule has 0 aromatic carbocycles. The van der Waals surface area contributed by atoms with E-state index in [4.69, 9.17) is 4.74 Å². The molecule has 0 N–H and O–H groups in total. The molecule has 2 fully saturated rings. The summed E-state index contributed by atoms with van der Waals surface area (Å²) in [7, 11) is 0. The predicted octanol–water partition coefficient (Wildman–Crippen LogP) is 3.89. The van der Waals surface area contributed by atoms with Gasteiger partial charge in [-0.15, -0.1) is 0 Å². The predicted molar refractivity (Wildman–Crippen MR) is 69.3 cm³/mol. The van der Waals surface area contributed by atoms with Crippen LogP contribution in [0.2, 0.25) is 0 Å². The summed E-state index contributed by atoms with van der Waals surface area (Å²) in [5, 5.41) is 0. The minimum atomic E-state index is 0.690. The van der Waals surface area contributed by atoms with E-state index in [0.29, 0.717) is 6.04 Å². The Labute approximate surface area is 104 Å². The summed E-state index contributed by atoms with van der Waals surface area (Å²) in [5.74, 6) is 0.821. The maximum atomic E-state index is 5.47. The normalized spacial score (nSPS) is 24.0. The average molecular weight is 233 g/mol. The molecule has 0 bridgehead atoms. The molecule has 0 unspecified atom stereocenters. The monoisotopic (exact) mass is 233 g/mol. The highest BCUT2D eigenvalue weighted by Crippen LogP contribution is 2.35. The molecule has 1 aliphatic carbocycles. The van der Waals surface area contributed by atoms with Gasteiger partial charge in [0.2, 0.25) is 0 Å². The molecule has 1 aromatic rings. The Morgan fingerprint density at radius 1 is 1.00 bits per heavy atom. The third kappa shape index (κ3) is 2.42. The van der Waals surface area contributed by atoms with Gasteiger partial charge in [0.1, 0.15) is 0 Å². The standard InChI is InChI=1S/C15H23NO/c1-2-5-13(6-3-1)15-7-4-10-16(15)14-8-11-17-12-9-14/h4,7,10,13-14H,1-3,5-6,8-9,11-12H2. The number of rotatable bonds is 2. The van der Waals surface area contributed by atoms with Gasteiger partial charge in [-0.05, 0) is 43.7 Å². The highest BCUT2D eigenvalue weighted by molar-refractivity contribution is 5.15. The SMILES string of the molecule is c1cc(C2CCCCC2)n(C2CCOCC2)c1. The van der Waals surface area contributed by atoms with E-state index in [1.807, 2.05) is 0 Å². The maximum Gasteiger partial charge on any atom is 0.0485 e. The van der Waals surface area contributed by atoms with E-state index in [1.54, 1.807) is 5.69 Å². The maximum absolute atomic E-state index is 5.47. The fourth-order valence-electron chi connectivity index (χ4n) is 3.45. The van der Waals surface area contributed by atoms with Crippen molar-refractivity contribution < 1.29 is 4.74 Å². The highest BCUT2D eigenvalue weighted by atomic mass is 16.5. The molecular weight excluding hydrogens is 210 g/mol. The number of hydrogen-bond donors (Lipinski definition) is 0. The molecule has 1 aromatic heterocycles. The van der Waals surface area contributed by atoms with Crippen LogP contribution >= 0.6 is 0 Å². The Morgan fingerprint density at radius 3 is 2.53 bits per heavy atom. The van der Waals surface area contributed by atoms with Gasteiger partial charge in [-0.25, -0.2) is 0 Å². The van der Waals surface area contributed by atoms with Gasteiger partial charge in [0.25, 0.3) is 0 Å². The van der Waals surface area contributed by atoms with Crippen LogP contribution in [-0.2, 0) is 4.74 Å². The van der Waals surface area contributed by atoms with Crippen LogP contribution in [0.15, 0.2) is 18.3 Å². The lowest BCUT2D eigenvalue weighted by Crippen LogP contribution is -2.22. The van der Waals surface area contributed by atoms with Crippen molar-refractivity contribution in [3.8, 4) is 0 Å². The van der Waals surface area contributed by atoms with Gasteiger partial charge in [-0.3, -0.25) is 0 Å². The molecule has 94 valence electrons. The van der Waals surface area contributed by atoms with Gasteiger partial charge in [-0.2, -0.15) is 0 Å². The van der Waals surface area contributed by atoms with Crippen LogP contribution in [0.5, 0.6) is 0 Å².